The molecule has 17 heavy (non-hydrogen) atoms. The fourth-order valence-corrected chi connectivity index (χ4v) is 1.81. The zero-order valence-corrected chi connectivity index (χ0v) is 10.5. The normalized spacial score (nSPS) is 10.5. The van der Waals surface area contributed by atoms with Gasteiger partial charge in [-0.25, -0.2) is 0 Å². The van der Waals surface area contributed by atoms with Crippen molar-refractivity contribution in [1.29, 1.82) is 0 Å². The summed E-state index contributed by atoms with van der Waals surface area (Å²) in [5, 5.41) is 1.05. The van der Waals surface area contributed by atoms with Gasteiger partial charge in [-0.2, -0.15) is 0 Å². The van der Waals surface area contributed by atoms with Gasteiger partial charge in [0.05, 0.1) is 11.6 Å². The van der Waals surface area contributed by atoms with Crippen molar-refractivity contribution in [1.82, 2.24) is 0 Å². The lowest BCUT2D eigenvalue weighted by molar-refractivity contribution is 0.266. The van der Waals surface area contributed by atoms with Crippen molar-refractivity contribution >= 4 is 23.2 Å². The van der Waals surface area contributed by atoms with Crippen LogP contribution in [0.2, 0.25) is 10.0 Å². The van der Waals surface area contributed by atoms with Crippen molar-refractivity contribution < 1.29 is 9.15 Å². The molecule has 0 atom stereocenters. The Labute approximate surface area is 109 Å². The Kier molecular flexibility index (Phi) is 3.94. The molecule has 1 aromatic carbocycles. The maximum absolute atomic E-state index is 5.97. The number of rotatable bonds is 4. The summed E-state index contributed by atoms with van der Waals surface area (Å²) < 4.78 is 10.9. The SMILES string of the molecule is NCc1ccc(COc2ccc(Cl)cc2Cl)o1. The van der Waals surface area contributed by atoms with Gasteiger partial charge in [-0.3, -0.25) is 0 Å². The molecular formula is C12H11Cl2NO2. The largest absolute Gasteiger partial charge is 0.484 e. The minimum absolute atomic E-state index is 0.307. The third-order valence-corrected chi connectivity index (χ3v) is 2.71. The number of halogens is 2. The second-order valence-corrected chi connectivity index (χ2v) is 4.28. The van der Waals surface area contributed by atoms with Crippen LogP contribution in [0.1, 0.15) is 11.5 Å². The summed E-state index contributed by atoms with van der Waals surface area (Å²) in [5.41, 5.74) is 5.44. The molecule has 0 aliphatic rings. The summed E-state index contributed by atoms with van der Waals surface area (Å²) in [6, 6.07) is 8.72. The predicted octanol–water partition coefficient (Wildman–Crippen LogP) is 3.62. The number of furan rings is 1. The van der Waals surface area contributed by atoms with Gasteiger partial charge in [-0.15, -0.1) is 0 Å². The first-order valence-electron chi connectivity index (χ1n) is 5.04. The fourth-order valence-electron chi connectivity index (χ4n) is 1.35. The Bertz CT molecular complexity index is 511. The van der Waals surface area contributed by atoms with E-state index in [0.717, 1.165) is 5.76 Å². The van der Waals surface area contributed by atoms with Crippen LogP contribution in [0.5, 0.6) is 5.75 Å². The van der Waals surface area contributed by atoms with Crippen LogP contribution in [0.3, 0.4) is 0 Å². The molecular weight excluding hydrogens is 261 g/mol. The van der Waals surface area contributed by atoms with Gasteiger partial charge in [0.2, 0.25) is 0 Å². The van der Waals surface area contributed by atoms with E-state index in [4.69, 9.17) is 38.1 Å². The van der Waals surface area contributed by atoms with Gasteiger partial charge in [0.1, 0.15) is 23.9 Å². The van der Waals surface area contributed by atoms with Crippen LogP contribution in [0.4, 0.5) is 0 Å². The van der Waals surface area contributed by atoms with E-state index < -0.39 is 0 Å². The third-order valence-electron chi connectivity index (χ3n) is 2.18. The Morgan fingerprint density at radius 1 is 1.12 bits per heavy atom. The van der Waals surface area contributed by atoms with Crippen LogP contribution >= 0.6 is 23.2 Å². The van der Waals surface area contributed by atoms with E-state index in [2.05, 4.69) is 0 Å². The molecule has 2 N–H and O–H groups in total. The highest BCUT2D eigenvalue weighted by Gasteiger charge is 2.05. The van der Waals surface area contributed by atoms with Gasteiger partial charge in [-0.05, 0) is 30.3 Å². The lowest BCUT2D eigenvalue weighted by atomic mass is 10.3. The van der Waals surface area contributed by atoms with Crippen LogP contribution in [-0.2, 0) is 13.2 Å². The molecule has 3 nitrogen and oxygen atoms in total. The maximum atomic E-state index is 5.97. The van der Waals surface area contributed by atoms with Crippen molar-refractivity contribution in [2.75, 3.05) is 0 Å². The molecule has 0 bridgehead atoms. The second-order valence-electron chi connectivity index (χ2n) is 3.44. The number of ether oxygens (including phenoxy) is 1. The van der Waals surface area contributed by atoms with E-state index in [0.29, 0.717) is 34.7 Å². The summed E-state index contributed by atoms with van der Waals surface area (Å²) in [7, 11) is 0. The average Bonchev–Trinajstić information content (AvgIpc) is 2.76. The molecule has 0 unspecified atom stereocenters. The quantitative estimate of drug-likeness (QED) is 0.924. The van der Waals surface area contributed by atoms with Crippen LogP contribution in [-0.4, -0.2) is 0 Å². The molecule has 5 heteroatoms. The molecule has 0 spiro atoms. The minimum Gasteiger partial charge on any atom is -0.484 e. The Balaban J connectivity index is 2.02. The van der Waals surface area contributed by atoms with E-state index in [1.807, 2.05) is 12.1 Å². The van der Waals surface area contributed by atoms with Gasteiger partial charge in [0.15, 0.2) is 0 Å². The molecule has 2 aromatic rings. The van der Waals surface area contributed by atoms with Crippen LogP contribution in [0.25, 0.3) is 0 Å². The van der Waals surface area contributed by atoms with Gasteiger partial charge in [0.25, 0.3) is 0 Å². The third kappa shape index (κ3) is 3.16. The number of hydrogen-bond donors (Lipinski definition) is 1. The van der Waals surface area contributed by atoms with Crippen molar-refractivity contribution in [3.05, 3.63) is 51.9 Å². The van der Waals surface area contributed by atoms with Crippen LogP contribution in [0.15, 0.2) is 34.7 Å². The van der Waals surface area contributed by atoms with E-state index in [-0.39, 0.29) is 0 Å². The molecule has 0 aliphatic heterocycles. The smallest absolute Gasteiger partial charge is 0.146 e. The van der Waals surface area contributed by atoms with E-state index >= 15 is 0 Å². The summed E-state index contributed by atoms with van der Waals surface area (Å²) >= 11 is 11.8. The standard InChI is InChI=1S/C12H11Cl2NO2/c13-8-1-4-12(11(14)5-8)16-7-10-3-2-9(6-15)17-10/h1-5H,6-7,15H2. The molecule has 1 heterocycles. The first kappa shape index (κ1) is 12.3. The molecule has 90 valence electrons. The molecule has 1 aromatic heterocycles. The molecule has 0 amide bonds. The topological polar surface area (TPSA) is 48.4 Å². The highest BCUT2D eigenvalue weighted by Crippen LogP contribution is 2.28. The predicted molar refractivity (Wildman–Crippen MR) is 67.4 cm³/mol. The Morgan fingerprint density at radius 2 is 1.88 bits per heavy atom. The summed E-state index contributed by atoms with van der Waals surface area (Å²) in [5.74, 6) is 2.00. The first-order valence-corrected chi connectivity index (χ1v) is 5.80. The Morgan fingerprint density at radius 3 is 2.53 bits per heavy atom. The van der Waals surface area contributed by atoms with Crippen molar-refractivity contribution in [3.63, 3.8) is 0 Å². The zero-order valence-electron chi connectivity index (χ0n) is 8.95. The van der Waals surface area contributed by atoms with E-state index in [1.165, 1.54) is 0 Å². The van der Waals surface area contributed by atoms with Gasteiger partial charge >= 0.3 is 0 Å². The summed E-state index contributed by atoms with van der Waals surface area (Å²) in [4.78, 5) is 0. The van der Waals surface area contributed by atoms with E-state index in [1.54, 1.807) is 18.2 Å². The number of nitrogens with two attached hydrogens (primary N) is 1. The monoisotopic (exact) mass is 271 g/mol. The van der Waals surface area contributed by atoms with Gasteiger partial charge in [0, 0.05) is 5.02 Å². The molecule has 0 radical (unpaired) electrons. The van der Waals surface area contributed by atoms with Crippen LogP contribution < -0.4 is 10.5 Å². The van der Waals surface area contributed by atoms with Gasteiger partial charge < -0.3 is 14.9 Å². The van der Waals surface area contributed by atoms with E-state index in [9.17, 15) is 0 Å². The average molecular weight is 272 g/mol. The Hall–Kier alpha value is -1.16. The molecule has 2 rings (SSSR count). The lowest BCUT2D eigenvalue weighted by Gasteiger charge is -2.06. The zero-order chi connectivity index (χ0) is 12.3. The van der Waals surface area contributed by atoms with Crippen molar-refractivity contribution in [3.8, 4) is 5.75 Å². The van der Waals surface area contributed by atoms with Crippen molar-refractivity contribution in [2.45, 2.75) is 13.2 Å². The summed E-state index contributed by atoms with van der Waals surface area (Å²) in [6.45, 7) is 0.684. The lowest BCUT2D eigenvalue weighted by Crippen LogP contribution is -1.95. The highest BCUT2D eigenvalue weighted by atomic mass is 35.5. The summed E-state index contributed by atoms with van der Waals surface area (Å²) in [6.07, 6.45) is 0. The van der Waals surface area contributed by atoms with Crippen LogP contribution in [0, 0.1) is 0 Å². The molecule has 0 fully saturated rings. The molecule has 0 saturated carbocycles. The highest BCUT2D eigenvalue weighted by molar-refractivity contribution is 6.35. The molecule has 0 aliphatic carbocycles. The van der Waals surface area contributed by atoms with Crippen molar-refractivity contribution in [2.24, 2.45) is 5.73 Å². The maximum Gasteiger partial charge on any atom is 0.146 e. The first-order chi connectivity index (χ1) is 8.19. The number of benzene rings is 1. The van der Waals surface area contributed by atoms with Gasteiger partial charge in [-0.1, -0.05) is 23.2 Å². The second kappa shape index (κ2) is 5.45. The minimum atomic E-state index is 0.307. The fraction of sp³-hybridized carbons (Fsp3) is 0.167. The number of hydrogen-bond acceptors (Lipinski definition) is 3. The molecule has 0 saturated heterocycles.